The molecule has 26 heavy (non-hydrogen) atoms. The van der Waals surface area contributed by atoms with Crippen LogP contribution in [0.15, 0.2) is 66.7 Å². The number of rotatable bonds is 2. The van der Waals surface area contributed by atoms with Gasteiger partial charge in [-0.25, -0.2) is 0 Å². The van der Waals surface area contributed by atoms with Crippen LogP contribution in [0.2, 0.25) is 5.02 Å². The molecule has 4 rings (SSSR count). The van der Waals surface area contributed by atoms with Crippen molar-refractivity contribution in [3.8, 4) is 0 Å². The lowest BCUT2D eigenvalue weighted by Gasteiger charge is -2.20. The predicted octanol–water partition coefficient (Wildman–Crippen LogP) is 4.37. The van der Waals surface area contributed by atoms with Gasteiger partial charge in [0.25, 0.3) is 5.91 Å². The van der Waals surface area contributed by atoms with Gasteiger partial charge in [0.15, 0.2) is 11.6 Å². The van der Waals surface area contributed by atoms with Crippen molar-refractivity contribution in [1.29, 1.82) is 0 Å². The molecule has 126 valence electrons. The molecular formula is C21H12ClNO3. The molecule has 0 atom stereocenters. The van der Waals surface area contributed by atoms with Crippen LogP contribution in [0.1, 0.15) is 42.2 Å². The number of carbonyl (C=O) groups is 3. The third-order valence-corrected chi connectivity index (χ3v) is 4.65. The van der Waals surface area contributed by atoms with Gasteiger partial charge in [-0.05, 0) is 18.2 Å². The first-order chi connectivity index (χ1) is 12.6. The van der Waals surface area contributed by atoms with Crippen molar-refractivity contribution in [2.45, 2.75) is 0 Å². The van der Waals surface area contributed by atoms with Crippen molar-refractivity contribution in [3.63, 3.8) is 0 Å². The molecule has 0 saturated carbocycles. The molecule has 3 aromatic rings. The summed E-state index contributed by atoms with van der Waals surface area (Å²) in [5.41, 5.74) is 1.79. The van der Waals surface area contributed by atoms with E-state index in [9.17, 15) is 14.4 Å². The van der Waals surface area contributed by atoms with Crippen LogP contribution in [0.5, 0.6) is 0 Å². The van der Waals surface area contributed by atoms with Crippen molar-refractivity contribution in [2.24, 2.45) is 0 Å². The minimum Gasteiger partial charge on any atom is -0.321 e. The Labute approximate surface area is 154 Å². The van der Waals surface area contributed by atoms with E-state index in [-0.39, 0.29) is 22.7 Å². The SMILES string of the molecule is O=C(Nc1cccc2c1C(=O)c1ccccc1C2=O)c1ccccc1Cl. The standard InChI is InChI=1S/C21H12ClNO3/c22-16-10-4-3-8-14(16)21(26)23-17-11-5-9-15-18(17)20(25)13-7-2-1-6-12(13)19(15)24/h1-11H,(H,23,26). The molecular weight excluding hydrogens is 350 g/mol. The fraction of sp³-hybridized carbons (Fsp3) is 0. The highest BCUT2D eigenvalue weighted by Crippen LogP contribution is 2.32. The molecule has 0 aromatic heterocycles. The van der Waals surface area contributed by atoms with Gasteiger partial charge in [-0.1, -0.05) is 60.1 Å². The highest BCUT2D eigenvalue weighted by molar-refractivity contribution is 6.35. The van der Waals surface area contributed by atoms with Crippen molar-refractivity contribution in [2.75, 3.05) is 5.32 Å². The maximum atomic E-state index is 12.9. The minimum absolute atomic E-state index is 0.205. The van der Waals surface area contributed by atoms with Crippen LogP contribution in [-0.4, -0.2) is 17.5 Å². The molecule has 0 spiro atoms. The second-order valence-corrected chi connectivity index (χ2v) is 6.27. The third-order valence-electron chi connectivity index (χ3n) is 4.32. The van der Waals surface area contributed by atoms with Crippen molar-refractivity contribution < 1.29 is 14.4 Å². The van der Waals surface area contributed by atoms with Gasteiger partial charge in [0, 0.05) is 16.7 Å². The molecule has 1 amide bonds. The number of fused-ring (bicyclic) bond motifs is 2. The summed E-state index contributed by atoms with van der Waals surface area (Å²) < 4.78 is 0. The number of amides is 1. The number of hydrogen-bond acceptors (Lipinski definition) is 3. The van der Waals surface area contributed by atoms with Gasteiger partial charge in [0.1, 0.15) is 0 Å². The van der Waals surface area contributed by atoms with E-state index in [1.807, 2.05) is 0 Å². The number of hydrogen-bond donors (Lipinski definition) is 1. The van der Waals surface area contributed by atoms with E-state index >= 15 is 0 Å². The maximum Gasteiger partial charge on any atom is 0.257 e. The van der Waals surface area contributed by atoms with Gasteiger partial charge in [0.2, 0.25) is 0 Å². The van der Waals surface area contributed by atoms with Crippen LogP contribution in [0, 0.1) is 0 Å². The lowest BCUT2D eigenvalue weighted by atomic mass is 9.83. The molecule has 0 bridgehead atoms. The first-order valence-electron chi connectivity index (χ1n) is 7.95. The normalized spacial score (nSPS) is 12.3. The van der Waals surface area contributed by atoms with E-state index < -0.39 is 5.91 Å². The van der Waals surface area contributed by atoms with Crippen LogP contribution in [0.3, 0.4) is 0 Å². The Hall–Kier alpha value is -3.24. The summed E-state index contributed by atoms with van der Waals surface area (Å²) in [5, 5.41) is 3.02. The van der Waals surface area contributed by atoms with Gasteiger partial charge >= 0.3 is 0 Å². The second kappa shape index (κ2) is 6.24. The molecule has 0 heterocycles. The molecule has 5 heteroatoms. The van der Waals surface area contributed by atoms with Gasteiger partial charge < -0.3 is 5.32 Å². The molecule has 0 aliphatic heterocycles. The van der Waals surface area contributed by atoms with E-state index in [2.05, 4.69) is 5.32 Å². The average molecular weight is 362 g/mol. The second-order valence-electron chi connectivity index (χ2n) is 5.87. The summed E-state index contributed by atoms with van der Waals surface area (Å²) in [6.07, 6.45) is 0. The van der Waals surface area contributed by atoms with E-state index in [4.69, 9.17) is 11.6 Å². The molecule has 0 fully saturated rings. The highest BCUT2D eigenvalue weighted by Gasteiger charge is 2.31. The smallest absolute Gasteiger partial charge is 0.257 e. The van der Waals surface area contributed by atoms with Crippen molar-refractivity contribution in [1.82, 2.24) is 0 Å². The fourth-order valence-corrected chi connectivity index (χ4v) is 3.31. The summed E-state index contributed by atoms with van der Waals surface area (Å²) in [6, 6.07) is 18.1. The molecule has 0 saturated heterocycles. The third kappa shape index (κ3) is 2.52. The first-order valence-corrected chi connectivity index (χ1v) is 8.33. The van der Waals surface area contributed by atoms with E-state index in [1.165, 1.54) is 0 Å². The van der Waals surface area contributed by atoms with Crippen LogP contribution < -0.4 is 5.32 Å². The lowest BCUT2D eigenvalue weighted by molar-refractivity contribution is 0.0978. The van der Waals surface area contributed by atoms with Gasteiger partial charge in [-0.3, -0.25) is 14.4 Å². The summed E-state index contributed by atoms with van der Waals surface area (Å²) in [7, 11) is 0. The van der Waals surface area contributed by atoms with Gasteiger partial charge in [0.05, 0.1) is 21.8 Å². The summed E-state index contributed by atoms with van der Waals surface area (Å²) in [5.74, 6) is -0.961. The number of benzene rings is 3. The Bertz CT molecular complexity index is 1090. The molecule has 4 nitrogen and oxygen atoms in total. The quantitative estimate of drug-likeness (QED) is 0.576. The number of halogens is 1. The Morgan fingerprint density at radius 3 is 2.08 bits per heavy atom. The number of ketones is 2. The van der Waals surface area contributed by atoms with Gasteiger partial charge in [-0.2, -0.15) is 0 Å². The number of anilines is 1. The molecule has 1 aliphatic rings. The Kier molecular flexibility index (Phi) is 3.90. The Balaban J connectivity index is 1.79. The largest absolute Gasteiger partial charge is 0.321 e. The predicted molar refractivity (Wildman–Crippen MR) is 99.2 cm³/mol. The topological polar surface area (TPSA) is 63.2 Å². The number of carbonyl (C=O) groups excluding carboxylic acids is 3. The molecule has 1 aliphatic carbocycles. The molecule has 3 aromatic carbocycles. The van der Waals surface area contributed by atoms with E-state index in [1.54, 1.807) is 66.7 Å². The van der Waals surface area contributed by atoms with Gasteiger partial charge in [-0.15, -0.1) is 0 Å². The molecule has 0 unspecified atom stereocenters. The van der Waals surface area contributed by atoms with E-state index in [0.717, 1.165) is 0 Å². The molecule has 0 radical (unpaired) electrons. The minimum atomic E-state index is -0.442. The number of nitrogens with one attached hydrogen (secondary N) is 1. The zero-order valence-electron chi connectivity index (χ0n) is 13.5. The summed E-state index contributed by atoms with van der Waals surface area (Å²) in [4.78, 5) is 38.2. The first kappa shape index (κ1) is 16.2. The lowest BCUT2D eigenvalue weighted by Crippen LogP contribution is -2.24. The summed E-state index contributed by atoms with van der Waals surface area (Å²) in [6.45, 7) is 0. The van der Waals surface area contributed by atoms with Crippen molar-refractivity contribution >= 4 is 34.8 Å². The average Bonchev–Trinajstić information content (AvgIpc) is 2.66. The Morgan fingerprint density at radius 2 is 1.35 bits per heavy atom. The fourth-order valence-electron chi connectivity index (χ4n) is 3.08. The zero-order valence-corrected chi connectivity index (χ0v) is 14.2. The maximum absolute atomic E-state index is 12.9. The Morgan fingerprint density at radius 1 is 0.731 bits per heavy atom. The van der Waals surface area contributed by atoms with Crippen LogP contribution in [-0.2, 0) is 0 Å². The van der Waals surface area contributed by atoms with Crippen LogP contribution in [0.4, 0.5) is 5.69 Å². The monoisotopic (exact) mass is 361 g/mol. The molecule has 1 N–H and O–H groups in total. The highest BCUT2D eigenvalue weighted by atomic mass is 35.5. The van der Waals surface area contributed by atoms with Crippen molar-refractivity contribution in [3.05, 3.63) is 99.6 Å². The summed E-state index contributed by atoms with van der Waals surface area (Å²) >= 11 is 6.07. The van der Waals surface area contributed by atoms with Crippen LogP contribution in [0.25, 0.3) is 0 Å². The zero-order chi connectivity index (χ0) is 18.3. The van der Waals surface area contributed by atoms with E-state index in [0.29, 0.717) is 27.4 Å². The van der Waals surface area contributed by atoms with Crippen LogP contribution >= 0.6 is 11.6 Å².